The van der Waals surface area contributed by atoms with Crippen LogP contribution in [0.15, 0.2) is 0 Å². The summed E-state index contributed by atoms with van der Waals surface area (Å²) in [7, 11) is 0. The molecule has 1 rings (SSSR count). The molecule has 0 aromatic heterocycles. The molecule has 2 N–H and O–H groups in total. The van der Waals surface area contributed by atoms with E-state index in [0.717, 1.165) is 0 Å². The Bertz CT molecular complexity index is 202. The minimum Gasteiger partial charge on any atom is -0.481 e. The summed E-state index contributed by atoms with van der Waals surface area (Å²) in [5.74, 6) is -2.91. The van der Waals surface area contributed by atoms with Crippen molar-refractivity contribution in [1.29, 1.82) is 0 Å². The van der Waals surface area contributed by atoms with Crippen LogP contribution in [0.2, 0.25) is 0 Å². The van der Waals surface area contributed by atoms with Gasteiger partial charge in [0.05, 0.1) is 5.92 Å². The molecule has 0 aromatic rings. The molecule has 0 spiro atoms. The molecule has 5 heteroatoms. The van der Waals surface area contributed by atoms with Crippen molar-refractivity contribution in [2.75, 3.05) is 0 Å². The molecule has 0 saturated heterocycles. The van der Waals surface area contributed by atoms with Crippen LogP contribution in [0.5, 0.6) is 0 Å². The van der Waals surface area contributed by atoms with Gasteiger partial charge < -0.3 is 10.2 Å². The second-order valence-electron chi connectivity index (χ2n) is 2.26. The van der Waals surface area contributed by atoms with E-state index in [0.29, 0.717) is 0 Å². The van der Waals surface area contributed by atoms with E-state index in [-0.39, 0.29) is 6.42 Å². The molecular weight excluding hydrogens is 204 g/mol. The predicted molar refractivity (Wildman–Crippen MR) is 35.0 cm³/mol. The first-order valence-electron chi connectivity index (χ1n) is 2.63. The SMILES string of the molecule is O=C(O)C1CC1(Br)C(=O)O. The van der Waals surface area contributed by atoms with E-state index in [1.807, 2.05) is 0 Å². The topological polar surface area (TPSA) is 74.6 Å². The van der Waals surface area contributed by atoms with Crippen molar-refractivity contribution in [3.05, 3.63) is 0 Å². The zero-order chi connectivity index (χ0) is 7.94. The summed E-state index contributed by atoms with van der Waals surface area (Å²) in [5.41, 5.74) is 0. The van der Waals surface area contributed by atoms with Crippen LogP contribution in [0.1, 0.15) is 6.42 Å². The minimum absolute atomic E-state index is 0.178. The fraction of sp³-hybridized carbons (Fsp3) is 0.600. The maximum absolute atomic E-state index is 10.3. The number of aliphatic carboxylic acids is 2. The summed E-state index contributed by atoms with van der Waals surface area (Å²) in [4.78, 5) is 20.5. The lowest BCUT2D eigenvalue weighted by Crippen LogP contribution is -2.20. The highest BCUT2D eigenvalue weighted by molar-refractivity contribution is 9.10. The second kappa shape index (κ2) is 1.95. The summed E-state index contributed by atoms with van der Waals surface area (Å²) < 4.78 is -1.18. The van der Waals surface area contributed by atoms with E-state index < -0.39 is 22.2 Å². The molecule has 2 unspecified atom stereocenters. The third-order valence-electron chi connectivity index (χ3n) is 1.55. The van der Waals surface area contributed by atoms with Gasteiger partial charge in [-0.3, -0.25) is 9.59 Å². The van der Waals surface area contributed by atoms with Crippen LogP contribution < -0.4 is 0 Å². The average Bonchev–Trinajstić information content (AvgIpc) is 2.43. The number of alkyl halides is 1. The number of hydrogen-bond acceptors (Lipinski definition) is 2. The van der Waals surface area contributed by atoms with E-state index in [1.54, 1.807) is 0 Å². The van der Waals surface area contributed by atoms with E-state index >= 15 is 0 Å². The summed E-state index contributed by atoms with van der Waals surface area (Å²) in [6, 6.07) is 0. The van der Waals surface area contributed by atoms with Crippen molar-refractivity contribution in [3.8, 4) is 0 Å². The monoisotopic (exact) mass is 208 g/mol. The van der Waals surface area contributed by atoms with E-state index in [4.69, 9.17) is 10.2 Å². The molecule has 0 aromatic carbocycles. The van der Waals surface area contributed by atoms with Crippen molar-refractivity contribution in [3.63, 3.8) is 0 Å². The number of hydrogen-bond donors (Lipinski definition) is 2. The van der Waals surface area contributed by atoms with Crippen LogP contribution in [-0.2, 0) is 9.59 Å². The van der Waals surface area contributed by atoms with Crippen molar-refractivity contribution >= 4 is 27.9 Å². The maximum atomic E-state index is 10.3. The molecule has 1 saturated carbocycles. The van der Waals surface area contributed by atoms with Crippen LogP contribution in [0.25, 0.3) is 0 Å². The van der Waals surface area contributed by atoms with Gasteiger partial charge in [0.2, 0.25) is 0 Å². The standard InChI is InChI=1S/C5H5BrO4/c6-5(4(9)10)1-2(5)3(7)8/h2H,1H2,(H,7,8)(H,9,10). The van der Waals surface area contributed by atoms with E-state index in [2.05, 4.69) is 15.9 Å². The Morgan fingerprint density at radius 3 is 2.10 bits per heavy atom. The smallest absolute Gasteiger partial charge is 0.321 e. The molecule has 0 amide bonds. The van der Waals surface area contributed by atoms with Gasteiger partial charge in [-0.15, -0.1) is 0 Å². The van der Waals surface area contributed by atoms with Crippen LogP contribution in [0.4, 0.5) is 0 Å². The molecule has 56 valence electrons. The van der Waals surface area contributed by atoms with Crippen molar-refractivity contribution < 1.29 is 19.8 Å². The number of carboxylic acid groups (broad SMARTS) is 2. The maximum Gasteiger partial charge on any atom is 0.321 e. The summed E-state index contributed by atoms with van der Waals surface area (Å²) in [6.07, 6.45) is 0.178. The lowest BCUT2D eigenvalue weighted by Gasteiger charge is -1.97. The molecule has 4 nitrogen and oxygen atoms in total. The lowest BCUT2D eigenvalue weighted by atomic mass is 10.3. The highest BCUT2D eigenvalue weighted by Gasteiger charge is 2.63. The van der Waals surface area contributed by atoms with E-state index in [9.17, 15) is 9.59 Å². The van der Waals surface area contributed by atoms with Gasteiger partial charge in [0.15, 0.2) is 0 Å². The van der Waals surface area contributed by atoms with Gasteiger partial charge >= 0.3 is 11.9 Å². The fourth-order valence-electron chi connectivity index (χ4n) is 0.758. The normalized spacial score (nSPS) is 37.1. The van der Waals surface area contributed by atoms with Gasteiger partial charge in [-0.05, 0) is 6.42 Å². The zero-order valence-electron chi connectivity index (χ0n) is 4.87. The van der Waals surface area contributed by atoms with Gasteiger partial charge in [0.1, 0.15) is 4.32 Å². The summed E-state index contributed by atoms with van der Waals surface area (Å²) in [6.45, 7) is 0. The van der Waals surface area contributed by atoms with Gasteiger partial charge in [0.25, 0.3) is 0 Å². The number of carbonyl (C=O) groups is 2. The lowest BCUT2D eigenvalue weighted by molar-refractivity contribution is -0.143. The Morgan fingerprint density at radius 2 is 2.00 bits per heavy atom. The largest absolute Gasteiger partial charge is 0.481 e. The first-order valence-corrected chi connectivity index (χ1v) is 3.43. The highest BCUT2D eigenvalue weighted by atomic mass is 79.9. The number of carboxylic acids is 2. The molecule has 0 bridgehead atoms. The third kappa shape index (κ3) is 0.901. The minimum atomic E-state index is -1.18. The van der Waals surface area contributed by atoms with Crippen LogP contribution in [-0.4, -0.2) is 26.5 Å². The quantitative estimate of drug-likeness (QED) is 0.641. The van der Waals surface area contributed by atoms with E-state index in [1.165, 1.54) is 0 Å². The van der Waals surface area contributed by atoms with Crippen LogP contribution >= 0.6 is 15.9 Å². The molecular formula is C5H5BrO4. The molecule has 10 heavy (non-hydrogen) atoms. The zero-order valence-corrected chi connectivity index (χ0v) is 6.46. The third-order valence-corrected chi connectivity index (χ3v) is 2.76. The Balaban J connectivity index is 2.65. The van der Waals surface area contributed by atoms with Crippen LogP contribution in [0, 0.1) is 5.92 Å². The molecule has 1 aliphatic carbocycles. The Morgan fingerprint density at radius 1 is 1.50 bits per heavy atom. The Hall–Kier alpha value is -0.580. The second-order valence-corrected chi connectivity index (χ2v) is 3.68. The summed E-state index contributed by atoms with van der Waals surface area (Å²) in [5, 5.41) is 16.8. The molecule has 1 aliphatic rings. The number of rotatable bonds is 2. The molecule has 2 atom stereocenters. The Kier molecular flexibility index (Phi) is 1.47. The molecule has 0 radical (unpaired) electrons. The molecule has 0 aliphatic heterocycles. The van der Waals surface area contributed by atoms with Crippen molar-refractivity contribution in [2.24, 2.45) is 5.92 Å². The first kappa shape index (κ1) is 7.53. The van der Waals surface area contributed by atoms with Crippen molar-refractivity contribution in [2.45, 2.75) is 10.7 Å². The van der Waals surface area contributed by atoms with Gasteiger partial charge in [-0.2, -0.15) is 0 Å². The number of halogens is 1. The Labute approximate surface area is 65.0 Å². The van der Waals surface area contributed by atoms with Crippen LogP contribution in [0.3, 0.4) is 0 Å². The fourth-order valence-corrected chi connectivity index (χ4v) is 1.28. The first-order chi connectivity index (χ1) is 4.48. The average molecular weight is 209 g/mol. The summed E-state index contributed by atoms with van der Waals surface area (Å²) >= 11 is 2.84. The van der Waals surface area contributed by atoms with Crippen molar-refractivity contribution in [1.82, 2.24) is 0 Å². The van der Waals surface area contributed by atoms with Gasteiger partial charge in [-0.1, -0.05) is 15.9 Å². The molecule has 0 heterocycles. The molecule has 1 fully saturated rings. The predicted octanol–water partition coefficient (Wildman–Crippen LogP) is 0.309. The van der Waals surface area contributed by atoms with Gasteiger partial charge in [-0.25, -0.2) is 0 Å². The van der Waals surface area contributed by atoms with Gasteiger partial charge in [0, 0.05) is 0 Å². The highest BCUT2D eigenvalue weighted by Crippen LogP contribution is 2.51.